The Labute approximate surface area is 191 Å². The third-order valence-corrected chi connectivity index (χ3v) is 6.19. The Morgan fingerprint density at radius 3 is 2.64 bits per heavy atom. The number of piperazine rings is 1. The van der Waals surface area contributed by atoms with Gasteiger partial charge in [0.05, 0.1) is 12.6 Å². The number of allylic oxidation sites excluding steroid dienone is 1. The molecule has 10 heteroatoms. The molecule has 2 aliphatic heterocycles. The lowest BCUT2D eigenvalue weighted by Crippen LogP contribution is -2.47. The van der Waals surface area contributed by atoms with Gasteiger partial charge in [-0.1, -0.05) is 12.6 Å². The van der Waals surface area contributed by atoms with Crippen LogP contribution in [0.3, 0.4) is 0 Å². The summed E-state index contributed by atoms with van der Waals surface area (Å²) in [4.78, 5) is 30.4. The van der Waals surface area contributed by atoms with E-state index in [9.17, 15) is 4.79 Å². The zero-order valence-corrected chi connectivity index (χ0v) is 18.2. The summed E-state index contributed by atoms with van der Waals surface area (Å²) in [6.07, 6.45) is 8.13. The molecule has 1 amide bonds. The molecule has 0 radical (unpaired) electrons. The summed E-state index contributed by atoms with van der Waals surface area (Å²) < 4.78 is 1.76. The number of carbonyl (C=O) groups is 1. The van der Waals surface area contributed by atoms with Crippen LogP contribution in [-0.4, -0.2) is 62.7 Å². The number of hydrogen-bond acceptors (Lipinski definition) is 8. The van der Waals surface area contributed by atoms with E-state index in [4.69, 9.17) is 9.97 Å². The molecule has 3 aromatic rings. The zero-order chi connectivity index (χ0) is 22.4. The standard InChI is InChI=1S/C23H25N9O/c1-15-16(13-20(33)26-15)12-17-14-25-32-21(17)28-22(29-23(32)27-18-5-6-18)31-10-8-30(9-11-31)19-4-2-3-7-24-19/h2-4,7,12,14,18H,1,5-6,8-11,13H2,(H,26,33)(H,27,28,29)/b16-12+. The maximum atomic E-state index is 11.7. The lowest BCUT2D eigenvalue weighted by atomic mass is 10.1. The first-order valence-corrected chi connectivity index (χ1v) is 11.3. The SMILES string of the molecule is C=C1NC(=O)C/C1=C\c1cnn2c(NC3CC3)nc(N3CCN(c4ccccn4)CC3)nc12. The van der Waals surface area contributed by atoms with Gasteiger partial charge in [0.25, 0.3) is 0 Å². The minimum atomic E-state index is -0.0418. The average Bonchev–Trinajstić information content (AvgIpc) is 3.47. The number of anilines is 3. The molecule has 3 fully saturated rings. The second kappa shape index (κ2) is 7.88. The smallest absolute Gasteiger partial charge is 0.230 e. The van der Waals surface area contributed by atoms with Crippen molar-refractivity contribution in [3.8, 4) is 0 Å². The van der Waals surface area contributed by atoms with E-state index in [2.05, 4.69) is 37.1 Å². The quantitative estimate of drug-likeness (QED) is 0.616. The summed E-state index contributed by atoms with van der Waals surface area (Å²) >= 11 is 0. The van der Waals surface area contributed by atoms with Crippen LogP contribution >= 0.6 is 0 Å². The number of amides is 1. The van der Waals surface area contributed by atoms with Crippen molar-refractivity contribution in [3.63, 3.8) is 0 Å². The van der Waals surface area contributed by atoms with Crippen molar-refractivity contribution in [3.05, 3.63) is 54.0 Å². The van der Waals surface area contributed by atoms with Crippen LogP contribution in [0.5, 0.6) is 0 Å². The van der Waals surface area contributed by atoms with E-state index < -0.39 is 0 Å². The normalized spacial score (nSPS) is 20.1. The van der Waals surface area contributed by atoms with Gasteiger partial charge in [-0.05, 0) is 36.6 Å². The molecule has 168 valence electrons. The highest BCUT2D eigenvalue weighted by atomic mass is 16.1. The van der Waals surface area contributed by atoms with E-state index in [1.165, 1.54) is 0 Å². The second-order valence-corrected chi connectivity index (χ2v) is 8.64. The summed E-state index contributed by atoms with van der Waals surface area (Å²) in [5, 5.41) is 10.8. The van der Waals surface area contributed by atoms with Crippen molar-refractivity contribution in [1.82, 2.24) is 29.9 Å². The van der Waals surface area contributed by atoms with Crippen LogP contribution in [-0.2, 0) is 4.79 Å². The van der Waals surface area contributed by atoms with Gasteiger partial charge in [-0.15, -0.1) is 0 Å². The lowest BCUT2D eigenvalue weighted by Gasteiger charge is -2.35. The highest BCUT2D eigenvalue weighted by molar-refractivity contribution is 5.89. The number of nitrogens with one attached hydrogen (secondary N) is 2. The first-order valence-electron chi connectivity index (χ1n) is 11.3. The summed E-state index contributed by atoms with van der Waals surface area (Å²) in [5.41, 5.74) is 3.05. The largest absolute Gasteiger partial charge is 0.353 e. The molecule has 2 saturated heterocycles. The molecular formula is C23H25N9O. The van der Waals surface area contributed by atoms with Crippen LogP contribution in [0.4, 0.5) is 17.7 Å². The number of carbonyl (C=O) groups excluding carboxylic acids is 1. The fourth-order valence-electron chi connectivity index (χ4n) is 4.20. The predicted molar refractivity (Wildman–Crippen MR) is 126 cm³/mol. The molecular weight excluding hydrogens is 418 g/mol. The predicted octanol–water partition coefficient (Wildman–Crippen LogP) is 1.84. The van der Waals surface area contributed by atoms with Crippen molar-refractivity contribution >= 4 is 35.3 Å². The van der Waals surface area contributed by atoms with Gasteiger partial charge in [-0.2, -0.15) is 19.6 Å². The number of hydrogen-bond donors (Lipinski definition) is 2. The summed E-state index contributed by atoms with van der Waals surface area (Å²) in [7, 11) is 0. The molecule has 0 unspecified atom stereocenters. The fourth-order valence-corrected chi connectivity index (χ4v) is 4.20. The fraction of sp³-hybridized carbons (Fsp3) is 0.348. The van der Waals surface area contributed by atoms with Crippen molar-refractivity contribution in [2.24, 2.45) is 0 Å². The van der Waals surface area contributed by atoms with Gasteiger partial charge in [0.15, 0.2) is 5.65 Å². The number of fused-ring (bicyclic) bond motifs is 1. The van der Waals surface area contributed by atoms with Crippen LogP contribution in [0.2, 0.25) is 0 Å². The van der Waals surface area contributed by atoms with E-state index in [1.807, 2.05) is 30.5 Å². The average molecular weight is 444 g/mol. The van der Waals surface area contributed by atoms with E-state index in [0.717, 1.165) is 61.6 Å². The minimum absolute atomic E-state index is 0.0418. The van der Waals surface area contributed by atoms with Crippen LogP contribution in [0, 0.1) is 0 Å². The van der Waals surface area contributed by atoms with Gasteiger partial charge < -0.3 is 20.4 Å². The van der Waals surface area contributed by atoms with E-state index in [-0.39, 0.29) is 5.91 Å². The van der Waals surface area contributed by atoms with Crippen LogP contribution in [0.15, 0.2) is 48.4 Å². The van der Waals surface area contributed by atoms with Crippen molar-refractivity contribution in [2.75, 3.05) is 41.3 Å². The van der Waals surface area contributed by atoms with Crippen molar-refractivity contribution < 1.29 is 4.79 Å². The van der Waals surface area contributed by atoms with Gasteiger partial charge in [0.1, 0.15) is 5.82 Å². The Morgan fingerprint density at radius 2 is 1.94 bits per heavy atom. The van der Waals surface area contributed by atoms with E-state index in [0.29, 0.717) is 30.1 Å². The topological polar surface area (TPSA) is 104 Å². The summed E-state index contributed by atoms with van der Waals surface area (Å²) in [6.45, 7) is 7.24. The third kappa shape index (κ3) is 3.88. The molecule has 3 aliphatic rings. The Hall–Kier alpha value is -3.95. The third-order valence-electron chi connectivity index (χ3n) is 6.19. The molecule has 0 bridgehead atoms. The van der Waals surface area contributed by atoms with Gasteiger partial charge >= 0.3 is 0 Å². The minimum Gasteiger partial charge on any atom is -0.353 e. The second-order valence-electron chi connectivity index (χ2n) is 8.64. The molecule has 0 spiro atoms. The number of aromatic nitrogens is 5. The highest BCUT2D eigenvalue weighted by Gasteiger charge is 2.27. The Bertz CT molecular complexity index is 1250. The Kier molecular flexibility index (Phi) is 4.70. The first-order chi connectivity index (χ1) is 16.1. The zero-order valence-electron chi connectivity index (χ0n) is 18.2. The number of rotatable bonds is 5. The van der Waals surface area contributed by atoms with Crippen LogP contribution in [0.25, 0.3) is 11.7 Å². The molecule has 33 heavy (non-hydrogen) atoms. The Morgan fingerprint density at radius 1 is 1.12 bits per heavy atom. The molecule has 1 saturated carbocycles. The summed E-state index contributed by atoms with van der Waals surface area (Å²) in [5.74, 6) is 2.34. The summed E-state index contributed by atoms with van der Waals surface area (Å²) in [6, 6.07) is 6.42. The maximum absolute atomic E-state index is 11.7. The van der Waals surface area contributed by atoms with E-state index >= 15 is 0 Å². The molecule has 2 N–H and O–H groups in total. The van der Waals surface area contributed by atoms with Crippen LogP contribution < -0.4 is 20.4 Å². The molecule has 5 heterocycles. The first kappa shape index (κ1) is 19.7. The molecule has 0 aromatic carbocycles. The number of nitrogens with zero attached hydrogens (tertiary/aromatic N) is 7. The van der Waals surface area contributed by atoms with Crippen molar-refractivity contribution in [1.29, 1.82) is 0 Å². The van der Waals surface area contributed by atoms with Crippen LogP contribution in [0.1, 0.15) is 24.8 Å². The van der Waals surface area contributed by atoms with Gasteiger partial charge in [-0.25, -0.2) is 4.98 Å². The monoisotopic (exact) mass is 443 g/mol. The lowest BCUT2D eigenvalue weighted by molar-refractivity contribution is -0.118. The number of pyridine rings is 1. The maximum Gasteiger partial charge on any atom is 0.230 e. The molecule has 3 aromatic heterocycles. The van der Waals surface area contributed by atoms with Crippen molar-refractivity contribution in [2.45, 2.75) is 25.3 Å². The van der Waals surface area contributed by atoms with Gasteiger partial charge in [0, 0.05) is 49.7 Å². The molecule has 1 aliphatic carbocycles. The van der Waals surface area contributed by atoms with Gasteiger partial charge in [0.2, 0.25) is 17.8 Å². The van der Waals surface area contributed by atoms with E-state index in [1.54, 1.807) is 10.7 Å². The van der Waals surface area contributed by atoms with Gasteiger partial charge in [-0.3, -0.25) is 4.79 Å². The Balaban J connectivity index is 1.32. The molecule has 0 atom stereocenters. The molecule has 10 nitrogen and oxygen atoms in total. The molecule has 6 rings (SSSR count). The highest BCUT2D eigenvalue weighted by Crippen LogP contribution is 2.28.